The van der Waals surface area contributed by atoms with Crippen molar-refractivity contribution in [1.82, 2.24) is 0 Å². The maximum absolute atomic E-state index is 12.0. The summed E-state index contributed by atoms with van der Waals surface area (Å²) in [4.78, 5) is 12.0. The van der Waals surface area contributed by atoms with Gasteiger partial charge in [-0.25, -0.2) is 0 Å². The van der Waals surface area contributed by atoms with E-state index >= 15 is 0 Å². The zero-order chi connectivity index (χ0) is 14.0. The molecule has 4 nitrogen and oxygen atoms in total. The van der Waals surface area contributed by atoms with Crippen LogP contribution in [-0.2, 0) is 0 Å². The number of anilines is 1. The molecule has 0 aromatic heterocycles. The largest absolute Gasteiger partial charge is 0.508 e. The summed E-state index contributed by atoms with van der Waals surface area (Å²) in [5.74, 6) is -0.224. The Morgan fingerprint density at radius 2 is 1.79 bits per heavy atom. The van der Waals surface area contributed by atoms with E-state index < -0.39 is 0 Å². The molecule has 2 rings (SSSR count). The second-order valence-corrected chi connectivity index (χ2v) is 4.43. The summed E-state index contributed by atoms with van der Waals surface area (Å²) < 4.78 is 0. The molecule has 3 N–H and O–H groups in total. The number of hydrogen-bond donors (Lipinski definition) is 3. The van der Waals surface area contributed by atoms with Gasteiger partial charge in [-0.15, -0.1) is 0 Å². The second-order valence-electron chi connectivity index (χ2n) is 4.43. The minimum absolute atomic E-state index is 0.0181. The Labute approximate surface area is 111 Å². The molecular weight excluding hydrogens is 242 g/mol. The van der Waals surface area contributed by atoms with Crippen molar-refractivity contribution in [3.8, 4) is 11.5 Å². The Balaban J connectivity index is 2.26. The Morgan fingerprint density at radius 3 is 2.47 bits per heavy atom. The third-order valence-corrected chi connectivity index (χ3v) is 2.94. The molecule has 0 spiro atoms. The van der Waals surface area contributed by atoms with E-state index in [2.05, 4.69) is 5.32 Å². The molecule has 0 heterocycles. The zero-order valence-electron chi connectivity index (χ0n) is 10.8. The maximum atomic E-state index is 12.0. The van der Waals surface area contributed by atoms with Crippen LogP contribution in [0.2, 0.25) is 0 Å². The van der Waals surface area contributed by atoms with Gasteiger partial charge in [0.25, 0.3) is 5.91 Å². The molecule has 0 atom stereocenters. The number of phenols is 2. The predicted octanol–water partition coefficient (Wildman–Crippen LogP) is 2.97. The molecular formula is C15H15NO3. The average molecular weight is 257 g/mol. The van der Waals surface area contributed by atoms with Crippen molar-refractivity contribution < 1.29 is 15.0 Å². The first kappa shape index (κ1) is 13.0. The number of carbonyl (C=O) groups is 1. The van der Waals surface area contributed by atoms with Crippen LogP contribution in [0.25, 0.3) is 0 Å². The van der Waals surface area contributed by atoms with Crippen molar-refractivity contribution in [1.29, 1.82) is 0 Å². The molecule has 1 amide bonds. The van der Waals surface area contributed by atoms with E-state index in [1.54, 1.807) is 44.2 Å². The van der Waals surface area contributed by atoms with Crippen molar-refractivity contribution >= 4 is 11.6 Å². The van der Waals surface area contributed by atoms with Gasteiger partial charge in [0.2, 0.25) is 0 Å². The standard InChI is InChI=1S/C15H15NO3/c1-9-4-3-5-12(14(9)18)15(19)16-11-6-7-13(17)10(2)8-11/h3-8,17-18H,1-2H3,(H,16,19). The monoisotopic (exact) mass is 257 g/mol. The maximum Gasteiger partial charge on any atom is 0.259 e. The second kappa shape index (κ2) is 5.02. The lowest BCUT2D eigenvalue weighted by atomic mass is 10.1. The fourth-order valence-corrected chi connectivity index (χ4v) is 1.77. The fraction of sp³-hybridized carbons (Fsp3) is 0.133. The molecule has 98 valence electrons. The van der Waals surface area contributed by atoms with Crippen LogP contribution < -0.4 is 5.32 Å². The number of amides is 1. The SMILES string of the molecule is Cc1cc(NC(=O)c2cccc(C)c2O)ccc1O. The molecule has 4 heteroatoms. The highest BCUT2D eigenvalue weighted by Crippen LogP contribution is 2.24. The Kier molecular flexibility index (Phi) is 3.42. The van der Waals surface area contributed by atoms with Crippen molar-refractivity contribution in [2.45, 2.75) is 13.8 Å². The number of aromatic hydroxyl groups is 2. The number of para-hydroxylation sites is 1. The van der Waals surface area contributed by atoms with E-state index in [1.165, 1.54) is 6.07 Å². The number of aryl methyl sites for hydroxylation is 2. The molecule has 0 bridgehead atoms. The average Bonchev–Trinajstić information content (AvgIpc) is 2.37. The molecule has 0 radical (unpaired) electrons. The minimum Gasteiger partial charge on any atom is -0.508 e. The quantitative estimate of drug-likeness (QED) is 0.724. The summed E-state index contributed by atoms with van der Waals surface area (Å²) in [6.45, 7) is 3.48. The van der Waals surface area contributed by atoms with Crippen molar-refractivity contribution in [2.75, 3.05) is 5.32 Å². The van der Waals surface area contributed by atoms with Crippen LogP contribution in [0.3, 0.4) is 0 Å². The van der Waals surface area contributed by atoms with Crippen LogP contribution in [0.4, 0.5) is 5.69 Å². The van der Waals surface area contributed by atoms with E-state index in [0.29, 0.717) is 16.8 Å². The number of benzene rings is 2. The van der Waals surface area contributed by atoms with Gasteiger partial charge in [-0.05, 0) is 49.2 Å². The molecule has 19 heavy (non-hydrogen) atoms. The summed E-state index contributed by atoms with van der Waals surface area (Å²) in [7, 11) is 0. The van der Waals surface area contributed by atoms with E-state index in [0.717, 1.165) is 0 Å². The van der Waals surface area contributed by atoms with Crippen LogP contribution in [0.1, 0.15) is 21.5 Å². The Bertz CT molecular complexity index is 635. The first-order chi connectivity index (χ1) is 8.99. The van der Waals surface area contributed by atoms with Crippen LogP contribution in [0.15, 0.2) is 36.4 Å². The molecule has 0 aliphatic carbocycles. The van der Waals surface area contributed by atoms with E-state index in [4.69, 9.17) is 0 Å². The Hall–Kier alpha value is -2.49. The van der Waals surface area contributed by atoms with E-state index in [1.807, 2.05) is 0 Å². The van der Waals surface area contributed by atoms with Gasteiger partial charge in [-0.2, -0.15) is 0 Å². The summed E-state index contributed by atoms with van der Waals surface area (Å²) in [5.41, 5.74) is 2.12. The molecule has 0 aliphatic heterocycles. The summed E-state index contributed by atoms with van der Waals surface area (Å²) in [6, 6.07) is 9.79. The highest BCUT2D eigenvalue weighted by atomic mass is 16.3. The third kappa shape index (κ3) is 2.68. The van der Waals surface area contributed by atoms with E-state index in [9.17, 15) is 15.0 Å². The topological polar surface area (TPSA) is 69.6 Å². The van der Waals surface area contributed by atoms with Gasteiger partial charge in [-0.1, -0.05) is 12.1 Å². The minimum atomic E-state index is -0.383. The molecule has 0 saturated carbocycles. The highest BCUT2D eigenvalue weighted by Gasteiger charge is 2.12. The third-order valence-electron chi connectivity index (χ3n) is 2.94. The van der Waals surface area contributed by atoms with E-state index in [-0.39, 0.29) is 23.0 Å². The van der Waals surface area contributed by atoms with Gasteiger partial charge in [0, 0.05) is 5.69 Å². The lowest BCUT2D eigenvalue weighted by Crippen LogP contribution is -2.12. The molecule has 0 fully saturated rings. The summed E-state index contributed by atoms with van der Waals surface area (Å²) >= 11 is 0. The molecule has 2 aromatic carbocycles. The Morgan fingerprint density at radius 1 is 1.05 bits per heavy atom. The van der Waals surface area contributed by atoms with Crippen LogP contribution in [0, 0.1) is 13.8 Å². The first-order valence-electron chi connectivity index (χ1n) is 5.88. The highest BCUT2D eigenvalue weighted by molar-refractivity contribution is 6.06. The van der Waals surface area contributed by atoms with Gasteiger partial charge < -0.3 is 15.5 Å². The smallest absolute Gasteiger partial charge is 0.259 e. The normalized spacial score (nSPS) is 10.2. The molecule has 0 unspecified atom stereocenters. The zero-order valence-corrected chi connectivity index (χ0v) is 10.8. The van der Waals surface area contributed by atoms with Crippen LogP contribution in [-0.4, -0.2) is 16.1 Å². The summed E-state index contributed by atoms with van der Waals surface area (Å²) in [6.07, 6.45) is 0. The lowest BCUT2D eigenvalue weighted by molar-refractivity contribution is 0.102. The van der Waals surface area contributed by atoms with Gasteiger partial charge in [0.1, 0.15) is 11.5 Å². The fourth-order valence-electron chi connectivity index (χ4n) is 1.77. The lowest BCUT2D eigenvalue weighted by Gasteiger charge is -2.09. The van der Waals surface area contributed by atoms with Gasteiger partial charge in [0.15, 0.2) is 0 Å². The predicted molar refractivity (Wildman–Crippen MR) is 73.6 cm³/mol. The van der Waals surface area contributed by atoms with Crippen molar-refractivity contribution in [3.63, 3.8) is 0 Å². The number of hydrogen-bond acceptors (Lipinski definition) is 3. The van der Waals surface area contributed by atoms with Gasteiger partial charge in [0.05, 0.1) is 5.56 Å². The van der Waals surface area contributed by atoms with Crippen molar-refractivity contribution in [3.05, 3.63) is 53.1 Å². The molecule has 0 aliphatic rings. The molecule has 0 saturated heterocycles. The number of nitrogens with one attached hydrogen (secondary N) is 1. The summed E-state index contributed by atoms with van der Waals surface area (Å²) in [5, 5.41) is 22.0. The van der Waals surface area contributed by atoms with Crippen LogP contribution in [0.5, 0.6) is 11.5 Å². The number of rotatable bonds is 2. The number of carbonyl (C=O) groups excluding carboxylic acids is 1. The first-order valence-corrected chi connectivity index (χ1v) is 5.88. The number of phenolic OH excluding ortho intramolecular Hbond substituents is 2. The molecule has 2 aromatic rings. The van der Waals surface area contributed by atoms with Gasteiger partial charge in [-0.3, -0.25) is 4.79 Å². The van der Waals surface area contributed by atoms with Gasteiger partial charge >= 0.3 is 0 Å². The van der Waals surface area contributed by atoms with Crippen molar-refractivity contribution in [2.24, 2.45) is 0 Å². The van der Waals surface area contributed by atoms with Crippen LogP contribution >= 0.6 is 0 Å².